The van der Waals surface area contributed by atoms with E-state index in [2.05, 4.69) is 30.5 Å². The Morgan fingerprint density at radius 3 is 2.62 bits per heavy atom. The number of aryl methyl sites for hydroxylation is 1. The van der Waals surface area contributed by atoms with E-state index in [1.54, 1.807) is 36.2 Å². The zero-order valence-electron chi connectivity index (χ0n) is 21.4. The molecule has 3 aromatic rings. The van der Waals surface area contributed by atoms with Gasteiger partial charge in [-0.2, -0.15) is 0 Å². The lowest BCUT2D eigenvalue weighted by Gasteiger charge is -2.33. The smallest absolute Gasteiger partial charge is 0.281 e. The molecule has 2 aliphatic rings. The Hall–Kier alpha value is -3.16. The minimum atomic E-state index is -0.194. The van der Waals surface area contributed by atoms with Gasteiger partial charge in [-0.15, -0.1) is 0 Å². The van der Waals surface area contributed by atoms with Gasteiger partial charge in [0.2, 0.25) is 5.91 Å². The second-order valence-corrected chi connectivity index (χ2v) is 10.6. The van der Waals surface area contributed by atoms with Crippen molar-refractivity contribution < 1.29 is 9.59 Å². The molecule has 0 aliphatic carbocycles. The molecule has 0 saturated carbocycles. The molecule has 2 saturated heterocycles. The van der Waals surface area contributed by atoms with Crippen LogP contribution in [0, 0.1) is 0 Å². The molecule has 2 aromatic carbocycles. The molecule has 1 atom stereocenters. The summed E-state index contributed by atoms with van der Waals surface area (Å²) in [6.45, 7) is 5.35. The maximum absolute atomic E-state index is 13.5. The van der Waals surface area contributed by atoms with Crippen molar-refractivity contribution in [2.24, 2.45) is 0 Å². The number of carbonyl (C=O) groups is 2. The molecule has 0 bridgehead atoms. The number of likely N-dealkylation sites (tertiary alicyclic amines) is 1. The minimum absolute atomic E-state index is 0.137. The fourth-order valence-corrected chi connectivity index (χ4v) is 5.83. The highest BCUT2D eigenvalue weighted by atomic mass is 35.5. The van der Waals surface area contributed by atoms with E-state index in [0.29, 0.717) is 21.5 Å². The number of thiocarbonyl (C=S) groups is 1. The van der Waals surface area contributed by atoms with Crippen molar-refractivity contribution >= 4 is 63.4 Å². The molecule has 0 radical (unpaired) electrons. The Labute approximate surface area is 228 Å². The number of aromatic nitrogens is 1. The van der Waals surface area contributed by atoms with E-state index in [0.717, 1.165) is 42.3 Å². The van der Waals surface area contributed by atoms with Crippen LogP contribution in [0.5, 0.6) is 0 Å². The van der Waals surface area contributed by atoms with Gasteiger partial charge in [-0.05, 0) is 80.7 Å². The summed E-state index contributed by atoms with van der Waals surface area (Å²) in [6.07, 6.45) is 8.01. The number of anilines is 1. The maximum atomic E-state index is 13.5. The van der Waals surface area contributed by atoms with Crippen LogP contribution in [0.4, 0.5) is 5.69 Å². The van der Waals surface area contributed by atoms with Crippen LogP contribution >= 0.6 is 23.8 Å². The lowest BCUT2D eigenvalue weighted by atomic mass is 10.0. The fraction of sp³-hybridized carbons (Fsp3) is 0.345. The monoisotopic (exact) mass is 534 g/mol. The quantitative estimate of drug-likeness (QED) is 0.304. The first kappa shape index (κ1) is 25.5. The van der Waals surface area contributed by atoms with Gasteiger partial charge in [-0.3, -0.25) is 14.5 Å². The van der Waals surface area contributed by atoms with Crippen LogP contribution in [0.1, 0.15) is 44.2 Å². The molecule has 5 rings (SSSR count). The Morgan fingerprint density at radius 1 is 1.16 bits per heavy atom. The Balaban J connectivity index is 1.54. The summed E-state index contributed by atoms with van der Waals surface area (Å²) in [5.74, 6) is -0.0565. The molecule has 37 heavy (non-hydrogen) atoms. The molecule has 0 N–H and O–H groups in total. The zero-order chi connectivity index (χ0) is 26.3. The Bertz CT molecular complexity index is 1410. The number of halogens is 1. The molecule has 1 aromatic heterocycles. The second kappa shape index (κ2) is 10.3. The van der Waals surface area contributed by atoms with E-state index in [1.165, 1.54) is 16.9 Å². The Morgan fingerprint density at radius 2 is 1.92 bits per heavy atom. The van der Waals surface area contributed by atoms with Gasteiger partial charge in [0.15, 0.2) is 5.11 Å². The predicted molar refractivity (Wildman–Crippen MR) is 154 cm³/mol. The van der Waals surface area contributed by atoms with Gasteiger partial charge in [0.25, 0.3) is 5.91 Å². The molecule has 2 amide bonds. The highest BCUT2D eigenvalue weighted by molar-refractivity contribution is 7.80. The number of likely N-dealkylation sites (N-methyl/N-ethyl adjacent to an activating group) is 1. The normalized spacial score (nSPS) is 19.5. The lowest BCUT2D eigenvalue weighted by molar-refractivity contribution is -0.135. The number of benzene rings is 2. The summed E-state index contributed by atoms with van der Waals surface area (Å²) in [7, 11) is 1.81. The summed E-state index contributed by atoms with van der Waals surface area (Å²) in [6, 6.07) is 13.5. The van der Waals surface area contributed by atoms with Crippen LogP contribution in [-0.2, 0) is 22.6 Å². The minimum Gasteiger partial charge on any atom is -0.338 e. The van der Waals surface area contributed by atoms with Crippen LogP contribution < -0.4 is 4.90 Å². The third-order valence-electron chi connectivity index (χ3n) is 7.46. The molecular formula is C29H31ClN4O2S. The first-order valence-electron chi connectivity index (χ1n) is 12.8. The first-order valence-corrected chi connectivity index (χ1v) is 13.6. The SMILES string of the molecule is CCc1cccc2c(/C=C3/C(=O)N(c4ccc(Cl)cc4)C(=S)N3C)cn(CC(=O)N3CCCC[C@H]3C)c12. The maximum Gasteiger partial charge on any atom is 0.281 e. The van der Waals surface area contributed by atoms with Crippen molar-refractivity contribution in [2.45, 2.75) is 52.1 Å². The number of nitrogens with zero attached hydrogens (tertiary/aromatic N) is 4. The largest absolute Gasteiger partial charge is 0.338 e. The molecule has 2 aliphatic heterocycles. The number of para-hydroxylation sites is 1. The summed E-state index contributed by atoms with van der Waals surface area (Å²) in [4.78, 5) is 32.1. The van der Waals surface area contributed by atoms with Crippen molar-refractivity contribution in [3.63, 3.8) is 0 Å². The zero-order valence-corrected chi connectivity index (χ0v) is 23.0. The first-order chi connectivity index (χ1) is 17.8. The van der Waals surface area contributed by atoms with Crippen molar-refractivity contribution in [3.05, 3.63) is 70.5 Å². The summed E-state index contributed by atoms with van der Waals surface area (Å²) < 4.78 is 2.05. The molecule has 2 fully saturated rings. The number of hydrogen-bond donors (Lipinski definition) is 0. The van der Waals surface area contributed by atoms with E-state index in [9.17, 15) is 9.59 Å². The second-order valence-electron chi connectivity index (χ2n) is 9.80. The molecule has 192 valence electrons. The van der Waals surface area contributed by atoms with E-state index >= 15 is 0 Å². The topological polar surface area (TPSA) is 48.8 Å². The van der Waals surface area contributed by atoms with Gasteiger partial charge in [-0.25, -0.2) is 0 Å². The predicted octanol–water partition coefficient (Wildman–Crippen LogP) is 5.86. The van der Waals surface area contributed by atoms with Crippen molar-refractivity contribution in [3.8, 4) is 0 Å². The number of carbonyl (C=O) groups excluding carboxylic acids is 2. The molecular weight excluding hydrogens is 504 g/mol. The van der Waals surface area contributed by atoms with Gasteiger partial charge in [0, 0.05) is 41.8 Å². The van der Waals surface area contributed by atoms with Crippen LogP contribution in [0.2, 0.25) is 5.02 Å². The number of fused-ring (bicyclic) bond motifs is 1. The third-order valence-corrected chi connectivity index (χ3v) is 8.17. The van der Waals surface area contributed by atoms with E-state index in [-0.39, 0.29) is 24.4 Å². The number of amides is 2. The van der Waals surface area contributed by atoms with E-state index < -0.39 is 0 Å². The van der Waals surface area contributed by atoms with Crippen LogP contribution in [0.15, 0.2) is 54.4 Å². The van der Waals surface area contributed by atoms with Gasteiger partial charge in [0.1, 0.15) is 12.2 Å². The van der Waals surface area contributed by atoms with Crippen LogP contribution in [0.25, 0.3) is 17.0 Å². The van der Waals surface area contributed by atoms with Crippen molar-refractivity contribution in [1.82, 2.24) is 14.4 Å². The number of rotatable bonds is 5. The van der Waals surface area contributed by atoms with Crippen molar-refractivity contribution in [1.29, 1.82) is 0 Å². The Kier molecular flexibility index (Phi) is 7.10. The molecule has 8 heteroatoms. The number of hydrogen-bond acceptors (Lipinski definition) is 3. The summed E-state index contributed by atoms with van der Waals surface area (Å²) >= 11 is 11.7. The molecule has 0 unspecified atom stereocenters. The average molecular weight is 535 g/mol. The summed E-state index contributed by atoms with van der Waals surface area (Å²) in [5.41, 5.74) is 4.26. The van der Waals surface area contributed by atoms with Gasteiger partial charge in [0.05, 0.1) is 11.2 Å². The van der Waals surface area contributed by atoms with Gasteiger partial charge in [-0.1, -0.05) is 36.7 Å². The highest BCUT2D eigenvalue weighted by Gasteiger charge is 2.37. The molecule has 3 heterocycles. The van der Waals surface area contributed by atoms with Crippen LogP contribution in [0.3, 0.4) is 0 Å². The van der Waals surface area contributed by atoms with Crippen molar-refractivity contribution in [2.75, 3.05) is 18.5 Å². The third kappa shape index (κ3) is 4.66. The van der Waals surface area contributed by atoms with E-state index in [1.807, 2.05) is 23.2 Å². The van der Waals surface area contributed by atoms with Gasteiger partial charge >= 0.3 is 0 Å². The number of piperidine rings is 1. The average Bonchev–Trinajstić information content (AvgIpc) is 3.34. The van der Waals surface area contributed by atoms with E-state index in [4.69, 9.17) is 23.8 Å². The van der Waals surface area contributed by atoms with Crippen LogP contribution in [-0.4, -0.2) is 50.9 Å². The highest BCUT2D eigenvalue weighted by Crippen LogP contribution is 2.32. The molecule has 6 nitrogen and oxygen atoms in total. The fourth-order valence-electron chi connectivity index (χ4n) is 5.42. The van der Waals surface area contributed by atoms with Gasteiger partial charge < -0.3 is 14.4 Å². The standard InChI is InChI=1S/C29H31ClN4O2S/c1-4-20-9-7-10-24-21(17-32(27(20)24)18-26(35)33-15-6-5-8-19(33)2)16-25-28(36)34(29(37)31(25)3)23-13-11-22(30)12-14-23/h7,9-14,16-17,19H,4-6,8,15,18H2,1-3H3/b25-16-/t19-/m1/s1. The lowest BCUT2D eigenvalue weighted by Crippen LogP contribution is -2.43. The molecule has 0 spiro atoms. The summed E-state index contributed by atoms with van der Waals surface area (Å²) in [5, 5.41) is 2.02.